The quantitative estimate of drug-likeness (QED) is 0.295. The molecule has 0 radical (unpaired) electrons. The lowest BCUT2D eigenvalue weighted by atomic mass is 9.90. The van der Waals surface area contributed by atoms with Crippen LogP contribution in [0.5, 0.6) is 0 Å². The summed E-state index contributed by atoms with van der Waals surface area (Å²) in [5.74, 6) is -2.47. The molecule has 2 aromatic carbocycles. The summed E-state index contributed by atoms with van der Waals surface area (Å²) < 4.78 is 48.3. The Morgan fingerprint density at radius 1 is 1.20 bits per heavy atom. The lowest BCUT2D eigenvalue weighted by molar-refractivity contribution is -0.143. The third-order valence-corrected chi connectivity index (χ3v) is 4.90. The van der Waals surface area contributed by atoms with E-state index in [1.165, 1.54) is 18.2 Å². The minimum absolute atomic E-state index is 0.0967. The Labute approximate surface area is 175 Å². The van der Waals surface area contributed by atoms with Crippen molar-refractivity contribution in [2.75, 3.05) is 6.61 Å². The molecular weight excluding hydrogens is 391 g/mol. The van der Waals surface area contributed by atoms with Gasteiger partial charge in [-0.3, -0.25) is 4.79 Å². The van der Waals surface area contributed by atoms with Crippen LogP contribution in [0.3, 0.4) is 0 Å². The molecule has 6 heteroatoms. The minimum atomic E-state index is -0.942. The highest BCUT2D eigenvalue weighted by atomic mass is 19.1. The molecule has 0 aromatic heterocycles. The number of aryl methyl sites for hydroxylation is 2. The Bertz CT molecular complexity index is 912. The van der Waals surface area contributed by atoms with Crippen LogP contribution in [0.25, 0.3) is 11.1 Å². The number of unbranched alkanes of at least 4 members (excludes halogenated alkanes) is 2. The molecule has 3 nitrogen and oxygen atoms in total. The molecule has 0 saturated heterocycles. The maximum absolute atomic E-state index is 14.8. The van der Waals surface area contributed by atoms with Gasteiger partial charge in [-0.15, -0.1) is 6.58 Å². The van der Waals surface area contributed by atoms with Crippen molar-refractivity contribution >= 4 is 5.97 Å². The summed E-state index contributed by atoms with van der Waals surface area (Å²) in [5, 5.41) is 0. The van der Waals surface area contributed by atoms with Crippen LogP contribution < -0.4 is 5.73 Å². The lowest BCUT2D eigenvalue weighted by Crippen LogP contribution is -2.19. The maximum Gasteiger partial charge on any atom is 0.307 e. The molecule has 30 heavy (non-hydrogen) atoms. The van der Waals surface area contributed by atoms with Crippen molar-refractivity contribution in [2.45, 2.75) is 52.0 Å². The van der Waals surface area contributed by atoms with E-state index >= 15 is 0 Å². The number of carbonyl (C=O) groups is 1. The summed E-state index contributed by atoms with van der Waals surface area (Å²) >= 11 is 0. The van der Waals surface area contributed by atoms with E-state index in [-0.39, 0.29) is 29.7 Å². The van der Waals surface area contributed by atoms with E-state index in [9.17, 15) is 18.0 Å². The number of nitrogens with two attached hydrogens (primary N) is 1. The van der Waals surface area contributed by atoms with Crippen LogP contribution in [0.15, 0.2) is 36.9 Å². The highest BCUT2D eigenvalue weighted by molar-refractivity contribution is 5.72. The molecule has 2 aromatic rings. The molecule has 0 saturated carbocycles. The minimum Gasteiger partial charge on any atom is -0.466 e. The standard InChI is InChI=1S/C24H28F3NO2/c1-4-6-7-8-9-16-11-18(25)13-20(26)23(16)17-10-15(3)24(27)19(12-17)21(28)14-22(29)30-5-2/h4,10-13,21H,1,5-9,14,28H2,2-3H3/t21-/m0/s1. The Balaban J connectivity index is 2.47. The predicted molar refractivity (Wildman–Crippen MR) is 112 cm³/mol. The van der Waals surface area contributed by atoms with Crippen LogP contribution in [0.2, 0.25) is 0 Å². The van der Waals surface area contributed by atoms with Crippen molar-refractivity contribution < 1.29 is 22.7 Å². The molecule has 0 aliphatic rings. The smallest absolute Gasteiger partial charge is 0.307 e. The number of rotatable bonds is 10. The van der Waals surface area contributed by atoms with Crippen LogP contribution in [-0.4, -0.2) is 12.6 Å². The highest BCUT2D eigenvalue weighted by Crippen LogP contribution is 2.34. The first-order valence-electron chi connectivity index (χ1n) is 10.1. The largest absolute Gasteiger partial charge is 0.466 e. The Kier molecular flexibility index (Phi) is 8.66. The van der Waals surface area contributed by atoms with E-state index < -0.39 is 29.5 Å². The average Bonchev–Trinajstić information content (AvgIpc) is 2.67. The summed E-state index contributed by atoms with van der Waals surface area (Å²) in [6, 6.07) is 4.14. The number of hydrogen-bond acceptors (Lipinski definition) is 3. The molecule has 0 aliphatic carbocycles. The molecule has 0 unspecified atom stereocenters. The summed E-state index contributed by atoms with van der Waals surface area (Å²) in [6.45, 7) is 7.09. The molecule has 0 bridgehead atoms. The molecule has 0 aliphatic heterocycles. The van der Waals surface area contributed by atoms with Gasteiger partial charge in [0.1, 0.15) is 17.5 Å². The number of esters is 1. The number of benzene rings is 2. The van der Waals surface area contributed by atoms with Gasteiger partial charge in [0.25, 0.3) is 0 Å². The van der Waals surface area contributed by atoms with E-state index in [0.29, 0.717) is 17.5 Å². The first kappa shape index (κ1) is 23.7. The number of carbonyl (C=O) groups excluding carboxylic acids is 1. The molecule has 0 fully saturated rings. The van der Waals surface area contributed by atoms with Crippen LogP contribution in [0.4, 0.5) is 13.2 Å². The van der Waals surface area contributed by atoms with E-state index in [0.717, 1.165) is 25.3 Å². The van der Waals surface area contributed by atoms with Gasteiger partial charge < -0.3 is 10.5 Å². The monoisotopic (exact) mass is 419 g/mol. The first-order chi connectivity index (χ1) is 14.3. The second kappa shape index (κ2) is 11.0. The summed E-state index contributed by atoms with van der Waals surface area (Å²) in [5.41, 5.74) is 7.55. The third-order valence-electron chi connectivity index (χ3n) is 4.90. The van der Waals surface area contributed by atoms with Crippen molar-refractivity contribution in [3.8, 4) is 11.1 Å². The third kappa shape index (κ3) is 5.95. The first-order valence-corrected chi connectivity index (χ1v) is 10.1. The fourth-order valence-electron chi connectivity index (χ4n) is 3.47. The molecule has 0 heterocycles. The molecule has 0 spiro atoms. The van der Waals surface area contributed by atoms with Gasteiger partial charge in [-0.2, -0.15) is 0 Å². The predicted octanol–water partition coefficient (Wildman–Crippen LogP) is 5.93. The molecule has 2 rings (SSSR count). The van der Waals surface area contributed by atoms with Crippen LogP contribution >= 0.6 is 0 Å². The Morgan fingerprint density at radius 3 is 2.60 bits per heavy atom. The maximum atomic E-state index is 14.8. The van der Waals surface area contributed by atoms with Crippen LogP contribution in [0, 0.1) is 24.4 Å². The fourth-order valence-corrected chi connectivity index (χ4v) is 3.47. The molecule has 0 amide bonds. The zero-order valence-electron chi connectivity index (χ0n) is 17.4. The molecule has 162 valence electrons. The van der Waals surface area contributed by atoms with Crippen molar-refractivity contribution in [3.63, 3.8) is 0 Å². The molecular formula is C24H28F3NO2. The van der Waals surface area contributed by atoms with Gasteiger partial charge in [-0.25, -0.2) is 13.2 Å². The van der Waals surface area contributed by atoms with Gasteiger partial charge >= 0.3 is 5.97 Å². The summed E-state index contributed by atoms with van der Waals surface area (Å²) in [4.78, 5) is 11.8. The van der Waals surface area contributed by atoms with Gasteiger partial charge in [0.05, 0.1) is 13.0 Å². The Morgan fingerprint density at radius 2 is 1.93 bits per heavy atom. The van der Waals surface area contributed by atoms with Gasteiger partial charge in [0.2, 0.25) is 0 Å². The van der Waals surface area contributed by atoms with Crippen molar-refractivity contribution in [3.05, 3.63) is 71.1 Å². The van der Waals surface area contributed by atoms with E-state index in [2.05, 4.69) is 6.58 Å². The molecule has 2 N–H and O–H groups in total. The number of hydrogen-bond donors (Lipinski definition) is 1. The lowest BCUT2D eigenvalue weighted by Gasteiger charge is -2.18. The fraction of sp³-hybridized carbons (Fsp3) is 0.375. The SMILES string of the molecule is C=CCCCCc1cc(F)cc(F)c1-c1cc(C)c(F)c([C@@H](N)CC(=O)OCC)c1. The summed E-state index contributed by atoms with van der Waals surface area (Å²) in [6.07, 6.45) is 4.46. The highest BCUT2D eigenvalue weighted by Gasteiger charge is 2.21. The number of allylic oxidation sites excluding steroid dienone is 1. The number of ether oxygens (including phenoxy) is 1. The van der Waals surface area contributed by atoms with Crippen molar-refractivity contribution in [1.82, 2.24) is 0 Å². The van der Waals surface area contributed by atoms with E-state index in [4.69, 9.17) is 10.5 Å². The van der Waals surface area contributed by atoms with Crippen molar-refractivity contribution in [1.29, 1.82) is 0 Å². The van der Waals surface area contributed by atoms with E-state index in [1.807, 2.05) is 0 Å². The van der Waals surface area contributed by atoms with Gasteiger partial charge in [0, 0.05) is 23.2 Å². The normalized spacial score (nSPS) is 11.9. The van der Waals surface area contributed by atoms with Gasteiger partial charge in [-0.1, -0.05) is 6.08 Å². The second-order valence-electron chi connectivity index (χ2n) is 7.27. The van der Waals surface area contributed by atoms with E-state index in [1.54, 1.807) is 19.9 Å². The summed E-state index contributed by atoms with van der Waals surface area (Å²) in [7, 11) is 0. The second-order valence-corrected chi connectivity index (χ2v) is 7.27. The number of halogens is 3. The van der Waals surface area contributed by atoms with Gasteiger partial charge in [0.15, 0.2) is 0 Å². The van der Waals surface area contributed by atoms with Crippen LogP contribution in [0.1, 0.15) is 55.3 Å². The van der Waals surface area contributed by atoms with Crippen LogP contribution in [-0.2, 0) is 16.0 Å². The average molecular weight is 419 g/mol. The topological polar surface area (TPSA) is 52.3 Å². The zero-order valence-corrected chi connectivity index (χ0v) is 17.4. The zero-order chi connectivity index (χ0) is 22.3. The molecule has 1 atom stereocenters. The van der Waals surface area contributed by atoms with Gasteiger partial charge in [-0.05, 0) is 74.4 Å². The Hall–Kier alpha value is -2.60. The van der Waals surface area contributed by atoms with Crippen molar-refractivity contribution in [2.24, 2.45) is 5.73 Å².